The fourth-order valence-electron chi connectivity index (χ4n) is 1.90. The molecule has 3 rings (SSSR count). The smallest absolute Gasteiger partial charge is 0.162 e. The second kappa shape index (κ2) is 3.71. The van der Waals surface area contributed by atoms with E-state index in [-0.39, 0.29) is 0 Å². The van der Waals surface area contributed by atoms with Crippen molar-refractivity contribution in [2.24, 2.45) is 5.92 Å². The maximum Gasteiger partial charge on any atom is 0.162 e. The zero-order valence-corrected chi connectivity index (χ0v) is 10.0. The highest BCUT2D eigenvalue weighted by atomic mass is 79.9. The van der Waals surface area contributed by atoms with Gasteiger partial charge in [0.1, 0.15) is 13.2 Å². The van der Waals surface area contributed by atoms with E-state index in [1.165, 1.54) is 18.4 Å². The molecule has 2 aliphatic rings. The van der Waals surface area contributed by atoms with E-state index in [9.17, 15) is 0 Å². The van der Waals surface area contributed by atoms with Gasteiger partial charge in [-0.05, 0) is 42.9 Å². The van der Waals surface area contributed by atoms with Crippen molar-refractivity contribution in [3.63, 3.8) is 0 Å². The minimum Gasteiger partial charge on any atom is -0.486 e. The molecule has 1 saturated carbocycles. The first-order valence-electron chi connectivity index (χ1n) is 5.41. The quantitative estimate of drug-likeness (QED) is 0.821. The van der Waals surface area contributed by atoms with E-state index < -0.39 is 0 Å². The van der Waals surface area contributed by atoms with Crippen LogP contribution >= 0.6 is 15.9 Å². The number of ether oxygens (including phenoxy) is 2. The lowest BCUT2D eigenvalue weighted by molar-refractivity contribution is 0.171. The molecular formula is C12H13BrO2. The fraction of sp³-hybridized carbons (Fsp3) is 0.500. The van der Waals surface area contributed by atoms with Gasteiger partial charge in [0.05, 0.1) is 0 Å². The van der Waals surface area contributed by atoms with Crippen LogP contribution in [0.3, 0.4) is 0 Å². The van der Waals surface area contributed by atoms with E-state index in [4.69, 9.17) is 9.47 Å². The minimum atomic E-state index is 0.654. The molecule has 0 atom stereocenters. The van der Waals surface area contributed by atoms with Crippen LogP contribution in [-0.4, -0.2) is 13.2 Å². The fourth-order valence-corrected chi connectivity index (χ4v) is 2.38. The maximum atomic E-state index is 5.58. The van der Waals surface area contributed by atoms with Crippen molar-refractivity contribution in [3.05, 3.63) is 22.2 Å². The van der Waals surface area contributed by atoms with Crippen molar-refractivity contribution in [1.29, 1.82) is 0 Å². The lowest BCUT2D eigenvalue weighted by Gasteiger charge is -2.19. The molecule has 0 unspecified atom stereocenters. The molecule has 1 aromatic rings. The van der Waals surface area contributed by atoms with Gasteiger partial charge >= 0.3 is 0 Å². The molecule has 1 fully saturated rings. The Kier molecular flexibility index (Phi) is 2.35. The Morgan fingerprint density at radius 3 is 2.47 bits per heavy atom. The largest absolute Gasteiger partial charge is 0.486 e. The van der Waals surface area contributed by atoms with Crippen LogP contribution < -0.4 is 9.47 Å². The van der Waals surface area contributed by atoms with E-state index in [1.54, 1.807) is 0 Å². The number of rotatable bonds is 2. The second-order valence-electron chi connectivity index (χ2n) is 4.23. The van der Waals surface area contributed by atoms with Gasteiger partial charge < -0.3 is 9.47 Å². The third-order valence-electron chi connectivity index (χ3n) is 2.92. The van der Waals surface area contributed by atoms with Crippen LogP contribution in [0, 0.1) is 5.92 Å². The van der Waals surface area contributed by atoms with Gasteiger partial charge in [0, 0.05) is 4.47 Å². The van der Waals surface area contributed by atoms with E-state index in [2.05, 4.69) is 22.0 Å². The van der Waals surface area contributed by atoms with Gasteiger partial charge in [-0.2, -0.15) is 0 Å². The Labute approximate surface area is 97.7 Å². The zero-order valence-electron chi connectivity index (χ0n) is 8.46. The lowest BCUT2D eigenvalue weighted by atomic mass is 10.1. The summed E-state index contributed by atoms with van der Waals surface area (Å²) in [5.74, 6) is 2.66. The molecule has 0 bridgehead atoms. The molecule has 2 nitrogen and oxygen atoms in total. The normalized spacial score (nSPS) is 19.0. The molecule has 80 valence electrons. The van der Waals surface area contributed by atoms with E-state index in [0.717, 1.165) is 28.3 Å². The van der Waals surface area contributed by atoms with E-state index in [1.807, 2.05) is 6.07 Å². The maximum absolute atomic E-state index is 5.58. The van der Waals surface area contributed by atoms with Crippen molar-refractivity contribution < 1.29 is 9.47 Å². The van der Waals surface area contributed by atoms with Crippen molar-refractivity contribution in [1.82, 2.24) is 0 Å². The monoisotopic (exact) mass is 268 g/mol. The topological polar surface area (TPSA) is 18.5 Å². The molecule has 1 aliphatic heterocycles. The number of hydrogen-bond acceptors (Lipinski definition) is 2. The predicted molar refractivity (Wildman–Crippen MR) is 61.6 cm³/mol. The lowest BCUT2D eigenvalue weighted by Crippen LogP contribution is -2.15. The highest BCUT2D eigenvalue weighted by Gasteiger charge is 2.24. The molecule has 0 radical (unpaired) electrons. The van der Waals surface area contributed by atoms with Crippen LogP contribution in [0.4, 0.5) is 0 Å². The van der Waals surface area contributed by atoms with Gasteiger partial charge in [-0.3, -0.25) is 0 Å². The molecule has 0 aromatic heterocycles. The van der Waals surface area contributed by atoms with Gasteiger partial charge in [0.2, 0.25) is 0 Å². The average molecular weight is 269 g/mol. The molecule has 1 aromatic carbocycles. The van der Waals surface area contributed by atoms with E-state index >= 15 is 0 Å². The summed E-state index contributed by atoms with van der Waals surface area (Å²) in [7, 11) is 0. The van der Waals surface area contributed by atoms with Gasteiger partial charge in [-0.1, -0.05) is 15.9 Å². The van der Waals surface area contributed by atoms with Crippen molar-refractivity contribution in [3.8, 4) is 11.5 Å². The molecule has 1 aliphatic carbocycles. The third-order valence-corrected chi connectivity index (χ3v) is 3.65. The van der Waals surface area contributed by atoms with Gasteiger partial charge in [0.15, 0.2) is 11.5 Å². The van der Waals surface area contributed by atoms with Crippen LogP contribution in [0.2, 0.25) is 0 Å². The molecular weight excluding hydrogens is 256 g/mol. The molecule has 3 heteroatoms. The first-order valence-corrected chi connectivity index (χ1v) is 6.20. The Bertz CT molecular complexity index is 385. The van der Waals surface area contributed by atoms with Crippen LogP contribution in [0.15, 0.2) is 16.6 Å². The summed E-state index contributed by atoms with van der Waals surface area (Å²) in [6.07, 6.45) is 3.92. The molecule has 0 saturated heterocycles. The molecule has 15 heavy (non-hydrogen) atoms. The second-order valence-corrected chi connectivity index (χ2v) is 5.09. The Hall–Kier alpha value is -0.700. The zero-order chi connectivity index (χ0) is 10.3. The summed E-state index contributed by atoms with van der Waals surface area (Å²) < 4.78 is 12.3. The first kappa shape index (κ1) is 9.52. The molecule has 0 amide bonds. The number of benzene rings is 1. The van der Waals surface area contributed by atoms with Gasteiger partial charge in [-0.25, -0.2) is 0 Å². The van der Waals surface area contributed by atoms with Crippen molar-refractivity contribution in [2.45, 2.75) is 19.3 Å². The summed E-state index contributed by atoms with van der Waals surface area (Å²) >= 11 is 3.60. The SMILES string of the molecule is Brc1cc2c(cc1CC1CC1)OCCO2. The Balaban J connectivity index is 1.92. The number of hydrogen-bond donors (Lipinski definition) is 0. The highest BCUT2D eigenvalue weighted by Crippen LogP contribution is 2.40. The van der Waals surface area contributed by atoms with Crippen LogP contribution in [0.25, 0.3) is 0 Å². The summed E-state index contributed by atoms with van der Waals surface area (Å²) in [6, 6.07) is 4.16. The third kappa shape index (κ3) is 1.98. The molecule has 1 heterocycles. The van der Waals surface area contributed by atoms with Crippen LogP contribution in [-0.2, 0) is 6.42 Å². The van der Waals surface area contributed by atoms with Crippen molar-refractivity contribution in [2.75, 3.05) is 13.2 Å². The standard InChI is InChI=1S/C12H13BrO2/c13-10-7-12-11(14-3-4-15-12)6-9(10)5-8-1-2-8/h6-8H,1-5H2. The average Bonchev–Trinajstić information content (AvgIpc) is 3.03. The Morgan fingerprint density at radius 2 is 1.80 bits per heavy atom. The summed E-state index contributed by atoms with van der Waals surface area (Å²) in [5.41, 5.74) is 1.35. The minimum absolute atomic E-state index is 0.654. The summed E-state index contributed by atoms with van der Waals surface area (Å²) in [5, 5.41) is 0. The van der Waals surface area contributed by atoms with E-state index in [0.29, 0.717) is 13.2 Å². The van der Waals surface area contributed by atoms with Crippen LogP contribution in [0.1, 0.15) is 18.4 Å². The highest BCUT2D eigenvalue weighted by molar-refractivity contribution is 9.10. The molecule has 0 N–H and O–H groups in total. The van der Waals surface area contributed by atoms with Gasteiger partial charge in [-0.15, -0.1) is 0 Å². The molecule has 0 spiro atoms. The van der Waals surface area contributed by atoms with Gasteiger partial charge in [0.25, 0.3) is 0 Å². The van der Waals surface area contributed by atoms with Crippen LogP contribution in [0.5, 0.6) is 11.5 Å². The predicted octanol–water partition coefficient (Wildman–Crippen LogP) is 3.17. The number of fused-ring (bicyclic) bond motifs is 1. The summed E-state index contributed by atoms with van der Waals surface area (Å²) in [6.45, 7) is 1.32. The Morgan fingerprint density at radius 1 is 1.13 bits per heavy atom. The first-order chi connectivity index (χ1) is 7.33. The van der Waals surface area contributed by atoms with Crippen molar-refractivity contribution >= 4 is 15.9 Å². The summed E-state index contributed by atoms with van der Waals surface area (Å²) in [4.78, 5) is 0. The number of halogens is 1.